The fourth-order valence-corrected chi connectivity index (χ4v) is 2.34. The fourth-order valence-electron chi connectivity index (χ4n) is 2.34. The topological polar surface area (TPSA) is 0 Å². The van der Waals surface area contributed by atoms with Gasteiger partial charge in [0.25, 0.3) is 0 Å². The smallest absolute Gasteiger partial charge is 0.00992 e. The van der Waals surface area contributed by atoms with Crippen LogP contribution in [-0.2, 0) is 0 Å². The molecule has 0 fully saturated rings. The van der Waals surface area contributed by atoms with Gasteiger partial charge in [0.15, 0.2) is 0 Å². The first-order valence-electron chi connectivity index (χ1n) is 6.03. The van der Waals surface area contributed by atoms with E-state index in [-0.39, 0.29) is 0 Å². The van der Waals surface area contributed by atoms with Crippen molar-refractivity contribution < 1.29 is 0 Å². The highest BCUT2D eigenvalue weighted by atomic mass is 14.1. The van der Waals surface area contributed by atoms with Crippen LogP contribution in [0.3, 0.4) is 0 Å². The first-order valence-corrected chi connectivity index (χ1v) is 6.03. The highest BCUT2D eigenvalue weighted by Crippen LogP contribution is 2.27. The number of benzene rings is 3. The van der Waals surface area contributed by atoms with Crippen molar-refractivity contribution in [2.45, 2.75) is 0 Å². The van der Waals surface area contributed by atoms with Crippen molar-refractivity contribution in [2.24, 2.45) is 0 Å². The molecule has 0 heteroatoms. The van der Waals surface area contributed by atoms with Gasteiger partial charge in [-0.25, -0.2) is 0 Å². The molecule has 18 heavy (non-hydrogen) atoms. The van der Waals surface area contributed by atoms with Crippen LogP contribution in [0.1, 0.15) is 11.1 Å². The second-order valence-electron chi connectivity index (χ2n) is 4.43. The minimum absolute atomic E-state index is 1.15. The molecule has 3 aromatic carbocycles. The monoisotopic (exact) mass is 230 g/mol. The molecule has 0 N–H and O–H groups in total. The predicted octanol–water partition coefficient (Wildman–Crippen LogP) is 5.28. The molecule has 86 valence electrons. The largest absolute Gasteiger partial charge is 0.0985 e. The molecule has 3 aromatic rings. The Morgan fingerprint density at radius 1 is 0.611 bits per heavy atom. The van der Waals surface area contributed by atoms with Gasteiger partial charge < -0.3 is 0 Å². The van der Waals surface area contributed by atoms with Crippen molar-refractivity contribution in [2.75, 3.05) is 0 Å². The van der Waals surface area contributed by atoms with Crippen molar-refractivity contribution in [3.05, 3.63) is 72.8 Å². The molecule has 0 aliphatic carbocycles. The Morgan fingerprint density at radius 3 is 1.39 bits per heavy atom. The normalized spacial score (nSPS) is 10.7. The molecule has 0 unspecified atom stereocenters. The second-order valence-corrected chi connectivity index (χ2v) is 4.43. The molecular formula is C18H14. The zero-order valence-corrected chi connectivity index (χ0v) is 10.2. The van der Waals surface area contributed by atoms with Crippen LogP contribution in [0.2, 0.25) is 0 Å². The van der Waals surface area contributed by atoms with Crippen LogP contribution in [0, 0.1) is 0 Å². The van der Waals surface area contributed by atoms with Gasteiger partial charge >= 0.3 is 0 Å². The SMILES string of the molecule is C=Cc1ccc2ccc3ccc(C=C)cc3c2c1. The summed E-state index contributed by atoms with van der Waals surface area (Å²) in [4.78, 5) is 0. The molecule has 0 saturated heterocycles. The Balaban J connectivity index is 2.48. The van der Waals surface area contributed by atoms with E-state index >= 15 is 0 Å². The van der Waals surface area contributed by atoms with Gasteiger partial charge in [-0.3, -0.25) is 0 Å². The Hall–Kier alpha value is -2.34. The van der Waals surface area contributed by atoms with E-state index in [0.29, 0.717) is 0 Å². The maximum atomic E-state index is 3.84. The lowest BCUT2D eigenvalue weighted by atomic mass is 9.98. The van der Waals surface area contributed by atoms with E-state index in [1.807, 2.05) is 12.2 Å². The average molecular weight is 230 g/mol. The number of hydrogen-bond donors (Lipinski definition) is 0. The van der Waals surface area contributed by atoms with Crippen molar-refractivity contribution >= 4 is 33.7 Å². The van der Waals surface area contributed by atoms with E-state index in [9.17, 15) is 0 Å². The minimum atomic E-state index is 1.15. The van der Waals surface area contributed by atoms with Gasteiger partial charge in [0.1, 0.15) is 0 Å². The minimum Gasteiger partial charge on any atom is -0.0985 e. The molecular weight excluding hydrogens is 216 g/mol. The first kappa shape index (κ1) is 10.8. The van der Waals surface area contributed by atoms with Gasteiger partial charge in [-0.15, -0.1) is 0 Å². The third kappa shape index (κ3) is 1.63. The molecule has 0 nitrogen and oxygen atoms in total. The molecule has 0 atom stereocenters. The summed E-state index contributed by atoms with van der Waals surface area (Å²) in [7, 11) is 0. The third-order valence-corrected chi connectivity index (χ3v) is 3.36. The highest BCUT2D eigenvalue weighted by molar-refractivity contribution is 6.08. The van der Waals surface area contributed by atoms with Gasteiger partial charge in [-0.05, 0) is 44.8 Å². The molecule has 0 heterocycles. The van der Waals surface area contributed by atoms with Crippen molar-refractivity contribution in [1.29, 1.82) is 0 Å². The number of fused-ring (bicyclic) bond motifs is 3. The molecule has 0 bridgehead atoms. The van der Waals surface area contributed by atoms with Gasteiger partial charge in [-0.1, -0.05) is 61.7 Å². The summed E-state index contributed by atoms with van der Waals surface area (Å²) in [6.45, 7) is 7.67. The summed E-state index contributed by atoms with van der Waals surface area (Å²) < 4.78 is 0. The number of rotatable bonds is 2. The van der Waals surface area contributed by atoms with Crippen LogP contribution < -0.4 is 0 Å². The summed E-state index contributed by atoms with van der Waals surface area (Å²) in [6.07, 6.45) is 3.77. The van der Waals surface area contributed by atoms with Gasteiger partial charge in [0.2, 0.25) is 0 Å². The van der Waals surface area contributed by atoms with E-state index in [1.54, 1.807) is 0 Å². The first-order chi connectivity index (χ1) is 8.81. The highest BCUT2D eigenvalue weighted by Gasteiger charge is 2.01. The van der Waals surface area contributed by atoms with Crippen LogP contribution >= 0.6 is 0 Å². The van der Waals surface area contributed by atoms with E-state index in [2.05, 4.69) is 61.7 Å². The average Bonchev–Trinajstić information content (AvgIpc) is 2.45. The summed E-state index contributed by atoms with van der Waals surface area (Å²) in [5.41, 5.74) is 2.30. The Kier molecular flexibility index (Phi) is 2.49. The zero-order chi connectivity index (χ0) is 12.5. The molecule has 3 rings (SSSR count). The lowest BCUT2D eigenvalue weighted by molar-refractivity contribution is 1.71. The summed E-state index contributed by atoms with van der Waals surface area (Å²) in [5.74, 6) is 0. The molecule has 0 aliphatic rings. The molecule has 0 radical (unpaired) electrons. The van der Waals surface area contributed by atoms with Crippen LogP contribution in [0.25, 0.3) is 33.7 Å². The maximum absolute atomic E-state index is 3.84. The van der Waals surface area contributed by atoms with Crippen molar-refractivity contribution in [3.8, 4) is 0 Å². The molecule has 0 spiro atoms. The summed E-state index contributed by atoms with van der Waals surface area (Å²) in [5, 5.41) is 5.06. The van der Waals surface area contributed by atoms with Crippen molar-refractivity contribution in [1.82, 2.24) is 0 Å². The number of hydrogen-bond acceptors (Lipinski definition) is 0. The third-order valence-electron chi connectivity index (χ3n) is 3.36. The lowest BCUT2D eigenvalue weighted by Crippen LogP contribution is -1.81. The Bertz CT molecular complexity index is 697. The van der Waals surface area contributed by atoms with Crippen LogP contribution in [-0.4, -0.2) is 0 Å². The second kappa shape index (κ2) is 4.15. The van der Waals surface area contributed by atoms with Crippen LogP contribution in [0.4, 0.5) is 0 Å². The molecule has 0 aliphatic heterocycles. The molecule has 0 saturated carbocycles. The molecule has 0 amide bonds. The molecule has 0 aromatic heterocycles. The fraction of sp³-hybridized carbons (Fsp3) is 0. The Labute approximate surface area is 107 Å². The van der Waals surface area contributed by atoms with Crippen LogP contribution in [0.5, 0.6) is 0 Å². The van der Waals surface area contributed by atoms with E-state index in [1.165, 1.54) is 21.5 Å². The van der Waals surface area contributed by atoms with Gasteiger partial charge in [0, 0.05) is 0 Å². The Morgan fingerprint density at radius 2 is 1.00 bits per heavy atom. The quantitative estimate of drug-likeness (QED) is 0.525. The standard InChI is InChI=1S/C18H14/c1-3-13-5-7-15-9-10-16-8-6-14(4-2)12-18(16)17(15)11-13/h3-12H,1-2H2. The van der Waals surface area contributed by atoms with E-state index in [4.69, 9.17) is 0 Å². The summed E-state index contributed by atoms with van der Waals surface area (Å²) >= 11 is 0. The van der Waals surface area contributed by atoms with Gasteiger partial charge in [-0.2, -0.15) is 0 Å². The predicted molar refractivity (Wildman–Crippen MR) is 81.6 cm³/mol. The lowest BCUT2D eigenvalue weighted by Gasteiger charge is -2.06. The summed E-state index contributed by atoms with van der Waals surface area (Å²) in [6, 6.07) is 17.2. The van der Waals surface area contributed by atoms with Gasteiger partial charge in [0.05, 0.1) is 0 Å². The van der Waals surface area contributed by atoms with Crippen molar-refractivity contribution in [3.63, 3.8) is 0 Å². The van der Waals surface area contributed by atoms with Crippen LogP contribution in [0.15, 0.2) is 61.7 Å². The maximum Gasteiger partial charge on any atom is -0.00992 e. The van der Waals surface area contributed by atoms with E-state index < -0.39 is 0 Å². The van der Waals surface area contributed by atoms with E-state index in [0.717, 1.165) is 11.1 Å². The zero-order valence-electron chi connectivity index (χ0n) is 10.2.